The van der Waals surface area contributed by atoms with Crippen molar-refractivity contribution < 1.29 is 14.0 Å². The standard InChI is InChI=1S/C18H15ClFN5O2S/c19-13-8-12(6-7-14(13)20)22-17(27)23-18-25-24-16(28-18)9-15(26)21-10-11-4-2-1-3-5-11/h1-8H,9-10H2,(H,21,26)(H2,22,23,25,27). The second kappa shape index (κ2) is 9.25. The maximum atomic E-state index is 13.1. The molecule has 0 atom stereocenters. The Hall–Kier alpha value is -3.04. The summed E-state index contributed by atoms with van der Waals surface area (Å²) in [5.41, 5.74) is 1.32. The SMILES string of the molecule is O=C(Cc1nnc(NC(=O)Nc2ccc(F)c(Cl)c2)s1)NCc1ccccc1. The predicted octanol–water partition coefficient (Wildman–Crippen LogP) is 3.83. The summed E-state index contributed by atoms with van der Waals surface area (Å²) < 4.78 is 13.1. The van der Waals surface area contributed by atoms with E-state index < -0.39 is 11.8 Å². The molecule has 7 nitrogen and oxygen atoms in total. The van der Waals surface area contributed by atoms with Crippen LogP contribution in [-0.2, 0) is 17.8 Å². The molecule has 1 heterocycles. The lowest BCUT2D eigenvalue weighted by Gasteiger charge is -2.05. The van der Waals surface area contributed by atoms with Gasteiger partial charge in [0.15, 0.2) is 0 Å². The first-order valence-corrected chi connectivity index (χ1v) is 9.35. The van der Waals surface area contributed by atoms with Crippen LogP contribution in [0.1, 0.15) is 10.6 Å². The molecule has 3 aromatic rings. The average Bonchev–Trinajstić information content (AvgIpc) is 3.10. The smallest absolute Gasteiger partial charge is 0.325 e. The normalized spacial score (nSPS) is 10.4. The number of halogens is 2. The lowest BCUT2D eigenvalue weighted by Crippen LogP contribution is -2.24. The lowest BCUT2D eigenvalue weighted by atomic mass is 10.2. The number of anilines is 2. The lowest BCUT2D eigenvalue weighted by molar-refractivity contribution is -0.120. The summed E-state index contributed by atoms with van der Waals surface area (Å²) >= 11 is 6.76. The molecule has 3 N–H and O–H groups in total. The van der Waals surface area contributed by atoms with E-state index in [9.17, 15) is 14.0 Å². The van der Waals surface area contributed by atoms with E-state index in [1.165, 1.54) is 12.1 Å². The Kier molecular flexibility index (Phi) is 6.51. The number of nitrogens with zero attached hydrogens (tertiary/aromatic N) is 2. The van der Waals surface area contributed by atoms with E-state index >= 15 is 0 Å². The molecule has 0 bridgehead atoms. The highest BCUT2D eigenvalue weighted by Crippen LogP contribution is 2.20. The van der Waals surface area contributed by atoms with Crippen molar-refractivity contribution in [2.45, 2.75) is 13.0 Å². The van der Waals surface area contributed by atoms with Crippen LogP contribution in [0.25, 0.3) is 0 Å². The predicted molar refractivity (Wildman–Crippen MR) is 106 cm³/mol. The Morgan fingerprint density at radius 2 is 1.86 bits per heavy atom. The summed E-state index contributed by atoms with van der Waals surface area (Å²) in [5.74, 6) is -0.774. The number of urea groups is 1. The summed E-state index contributed by atoms with van der Waals surface area (Å²) in [4.78, 5) is 24.0. The van der Waals surface area contributed by atoms with Crippen molar-refractivity contribution in [2.24, 2.45) is 0 Å². The van der Waals surface area contributed by atoms with Gasteiger partial charge in [0, 0.05) is 12.2 Å². The van der Waals surface area contributed by atoms with Crippen LogP contribution in [0.2, 0.25) is 5.02 Å². The van der Waals surface area contributed by atoms with Gasteiger partial charge in [-0.25, -0.2) is 9.18 Å². The minimum absolute atomic E-state index is 0.0569. The van der Waals surface area contributed by atoms with E-state index in [1.807, 2.05) is 30.3 Å². The molecular weight excluding hydrogens is 405 g/mol. The van der Waals surface area contributed by atoms with Crippen molar-refractivity contribution in [3.63, 3.8) is 0 Å². The molecule has 0 saturated carbocycles. The molecule has 10 heteroatoms. The van der Waals surface area contributed by atoms with E-state index in [2.05, 4.69) is 26.1 Å². The molecule has 3 amide bonds. The van der Waals surface area contributed by atoms with Crippen molar-refractivity contribution in [2.75, 3.05) is 10.6 Å². The summed E-state index contributed by atoms with van der Waals surface area (Å²) in [6.07, 6.45) is 0.0569. The van der Waals surface area contributed by atoms with E-state index in [0.29, 0.717) is 17.2 Å². The number of rotatable bonds is 6. The first-order valence-electron chi connectivity index (χ1n) is 8.15. The number of benzene rings is 2. The third-order valence-electron chi connectivity index (χ3n) is 3.51. The number of hydrogen-bond acceptors (Lipinski definition) is 5. The molecule has 0 spiro atoms. The van der Waals surface area contributed by atoms with Gasteiger partial charge < -0.3 is 10.6 Å². The van der Waals surface area contributed by atoms with Crippen molar-refractivity contribution >= 4 is 45.7 Å². The van der Waals surface area contributed by atoms with E-state index in [1.54, 1.807) is 0 Å². The largest absolute Gasteiger partial charge is 0.352 e. The minimum atomic E-state index is -0.584. The van der Waals surface area contributed by atoms with Crippen LogP contribution in [-0.4, -0.2) is 22.1 Å². The van der Waals surface area contributed by atoms with Crippen molar-refractivity contribution in [3.8, 4) is 0 Å². The highest BCUT2D eigenvalue weighted by Gasteiger charge is 2.12. The van der Waals surface area contributed by atoms with Gasteiger partial charge in [-0.3, -0.25) is 10.1 Å². The van der Waals surface area contributed by atoms with Crippen LogP contribution < -0.4 is 16.0 Å². The van der Waals surface area contributed by atoms with Gasteiger partial charge in [0.1, 0.15) is 10.8 Å². The molecule has 0 radical (unpaired) electrons. The average molecular weight is 420 g/mol. The number of carbonyl (C=O) groups is 2. The van der Waals surface area contributed by atoms with E-state index in [0.717, 1.165) is 23.0 Å². The van der Waals surface area contributed by atoms with Gasteiger partial charge in [-0.05, 0) is 23.8 Å². The number of hydrogen-bond donors (Lipinski definition) is 3. The highest BCUT2D eigenvalue weighted by molar-refractivity contribution is 7.15. The van der Waals surface area contributed by atoms with Crippen LogP contribution in [0.15, 0.2) is 48.5 Å². The second-order valence-corrected chi connectivity index (χ2v) is 7.12. The first-order chi connectivity index (χ1) is 13.5. The molecule has 0 aliphatic heterocycles. The van der Waals surface area contributed by atoms with Gasteiger partial charge in [-0.15, -0.1) is 10.2 Å². The van der Waals surface area contributed by atoms with Crippen LogP contribution in [0.4, 0.5) is 20.0 Å². The fourth-order valence-corrected chi connectivity index (χ4v) is 3.12. The van der Waals surface area contributed by atoms with E-state index in [-0.39, 0.29) is 22.5 Å². The molecular formula is C18H15ClFN5O2S. The summed E-state index contributed by atoms with van der Waals surface area (Å²) in [6, 6.07) is 12.8. The van der Waals surface area contributed by atoms with Crippen LogP contribution in [0, 0.1) is 5.82 Å². The Morgan fingerprint density at radius 1 is 1.07 bits per heavy atom. The molecule has 0 unspecified atom stereocenters. The van der Waals surface area contributed by atoms with Crippen LogP contribution >= 0.6 is 22.9 Å². The molecule has 1 aromatic heterocycles. The highest BCUT2D eigenvalue weighted by atomic mass is 35.5. The van der Waals surface area contributed by atoms with Crippen molar-refractivity contribution in [3.05, 3.63) is 69.9 Å². The zero-order valence-electron chi connectivity index (χ0n) is 14.4. The number of nitrogens with one attached hydrogen (secondary N) is 3. The minimum Gasteiger partial charge on any atom is -0.352 e. The molecule has 0 fully saturated rings. The van der Waals surface area contributed by atoms with Crippen molar-refractivity contribution in [1.29, 1.82) is 0 Å². The Bertz CT molecular complexity index is 983. The first kappa shape index (κ1) is 19.7. The number of aromatic nitrogens is 2. The number of amides is 3. The molecule has 144 valence electrons. The molecule has 0 aliphatic rings. The monoisotopic (exact) mass is 419 g/mol. The zero-order chi connectivity index (χ0) is 19.9. The fourth-order valence-electron chi connectivity index (χ4n) is 2.21. The molecule has 0 aliphatic carbocycles. The third-order valence-corrected chi connectivity index (χ3v) is 4.64. The van der Waals surface area contributed by atoms with Gasteiger partial charge >= 0.3 is 6.03 Å². The van der Waals surface area contributed by atoms with Crippen LogP contribution in [0.5, 0.6) is 0 Å². The Morgan fingerprint density at radius 3 is 2.61 bits per heavy atom. The van der Waals surface area contributed by atoms with Gasteiger partial charge in [-0.1, -0.05) is 53.3 Å². The summed E-state index contributed by atoms with van der Waals surface area (Å²) in [7, 11) is 0. The van der Waals surface area contributed by atoms with Gasteiger partial charge in [0.05, 0.1) is 11.4 Å². The molecule has 2 aromatic carbocycles. The van der Waals surface area contributed by atoms with Gasteiger partial charge in [0.25, 0.3) is 0 Å². The topological polar surface area (TPSA) is 96.0 Å². The van der Waals surface area contributed by atoms with Gasteiger partial charge in [-0.2, -0.15) is 0 Å². The zero-order valence-corrected chi connectivity index (χ0v) is 16.0. The summed E-state index contributed by atoms with van der Waals surface area (Å²) in [5, 5.41) is 16.1. The molecule has 28 heavy (non-hydrogen) atoms. The Balaban J connectivity index is 1.48. The molecule has 3 rings (SSSR count). The fraction of sp³-hybridized carbons (Fsp3) is 0.111. The second-order valence-electron chi connectivity index (χ2n) is 5.65. The van der Waals surface area contributed by atoms with E-state index in [4.69, 9.17) is 11.6 Å². The Labute approximate surface area is 168 Å². The third kappa shape index (κ3) is 5.73. The van der Waals surface area contributed by atoms with Gasteiger partial charge in [0.2, 0.25) is 11.0 Å². The quantitative estimate of drug-likeness (QED) is 0.565. The van der Waals surface area contributed by atoms with Crippen molar-refractivity contribution in [1.82, 2.24) is 15.5 Å². The summed E-state index contributed by atoms with van der Waals surface area (Å²) in [6.45, 7) is 0.423. The molecule has 0 saturated heterocycles. The maximum Gasteiger partial charge on any atom is 0.325 e. The maximum absolute atomic E-state index is 13.1. The number of carbonyl (C=O) groups excluding carboxylic acids is 2. The van der Waals surface area contributed by atoms with Crippen LogP contribution in [0.3, 0.4) is 0 Å².